The van der Waals surface area contributed by atoms with Crippen LogP contribution >= 0.6 is 0 Å². The van der Waals surface area contributed by atoms with E-state index in [1.165, 1.54) is 51.4 Å². The van der Waals surface area contributed by atoms with E-state index >= 15 is 0 Å². The predicted molar refractivity (Wildman–Crippen MR) is 56.9 cm³/mol. The quantitative estimate of drug-likeness (QED) is 0.571. The highest BCUT2D eigenvalue weighted by atomic mass is 16.5. The summed E-state index contributed by atoms with van der Waals surface area (Å²) in [7, 11) is 0. The van der Waals surface area contributed by atoms with Gasteiger partial charge in [0.25, 0.3) is 0 Å². The third kappa shape index (κ3) is 5.30. The molecule has 1 unspecified atom stereocenters. The molecular formula is C12H24O. The predicted octanol–water partition coefficient (Wildman–Crippen LogP) is 3.77. The maximum absolute atomic E-state index is 5.46. The van der Waals surface area contributed by atoms with Crippen molar-refractivity contribution >= 4 is 0 Å². The molecule has 0 N–H and O–H groups in total. The van der Waals surface area contributed by atoms with Gasteiger partial charge in [-0.15, -0.1) is 0 Å². The maximum Gasteiger partial charge on any atom is 0.0494 e. The zero-order chi connectivity index (χ0) is 9.36. The topological polar surface area (TPSA) is 9.23 Å². The monoisotopic (exact) mass is 184 g/mol. The lowest BCUT2D eigenvalue weighted by Gasteiger charge is -2.21. The highest BCUT2D eigenvalue weighted by Gasteiger charge is 2.12. The van der Waals surface area contributed by atoms with Crippen molar-refractivity contribution in [2.24, 2.45) is 5.92 Å². The van der Waals surface area contributed by atoms with Crippen LogP contribution in [0.3, 0.4) is 0 Å². The molecule has 78 valence electrons. The lowest BCUT2D eigenvalue weighted by molar-refractivity contribution is 0.0507. The van der Waals surface area contributed by atoms with Gasteiger partial charge in [0, 0.05) is 13.2 Å². The molecule has 0 spiro atoms. The van der Waals surface area contributed by atoms with Crippen molar-refractivity contribution in [3.05, 3.63) is 0 Å². The Kier molecular flexibility index (Phi) is 6.26. The molecule has 0 aromatic rings. The molecule has 0 saturated carbocycles. The molecular weight excluding hydrogens is 160 g/mol. The van der Waals surface area contributed by atoms with Crippen LogP contribution < -0.4 is 0 Å². The van der Waals surface area contributed by atoms with Crippen LogP contribution in [0.25, 0.3) is 0 Å². The maximum atomic E-state index is 5.46. The van der Waals surface area contributed by atoms with Crippen LogP contribution in [0, 0.1) is 5.92 Å². The normalized spacial score (nSPS) is 23.3. The van der Waals surface area contributed by atoms with Gasteiger partial charge in [-0.3, -0.25) is 0 Å². The van der Waals surface area contributed by atoms with E-state index in [1.54, 1.807) is 0 Å². The van der Waals surface area contributed by atoms with Crippen molar-refractivity contribution < 1.29 is 4.74 Å². The first-order valence-corrected chi connectivity index (χ1v) is 6.01. The van der Waals surface area contributed by atoms with Crippen LogP contribution in [0.2, 0.25) is 0 Å². The standard InChI is InChI=1S/C12H24O/c1-2-3-4-5-6-8-12-9-7-10-13-11-12/h12H,2-11H2,1H3. The molecule has 0 amide bonds. The third-order valence-electron chi connectivity index (χ3n) is 2.97. The lowest BCUT2D eigenvalue weighted by atomic mass is 9.95. The van der Waals surface area contributed by atoms with Crippen molar-refractivity contribution in [2.45, 2.75) is 58.3 Å². The number of unbranched alkanes of at least 4 members (excludes halogenated alkanes) is 4. The minimum atomic E-state index is 0.885. The molecule has 1 rings (SSSR count). The highest BCUT2D eigenvalue weighted by molar-refractivity contribution is 4.63. The highest BCUT2D eigenvalue weighted by Crippen LogP contribution is 2.20. The molecule has 1 heterocycles. The second kappa shape index (κ2) is 7.37. The first kappa shape index (κ1) is 11.0. The Balaban J connectivity index is 1.86. The lowest BCUT2D eigenvalue weighted by Crippen LogP contribution is -2.16. The van der Waals surface area contributed by atoms with Crippen LogP contribution in [-0.4, -0.2) is 13.2 Å². The fourth-order valence-electron chi connectivity index (χ4n) is 2.07. The Morgan fingerprint density at radius 3 is 2.69 bits per heavy atom. The van der Waals surface area contributed by atoms with Crippen molar-refractivity contribution in [3.63, 3.8) is 0 Å². The zero-order valence-corrected chi connectivity index (χ0v) is 9.06. The van der Waals surface area contributed by atoms with Gasteiger partial charge >= 0.3 is 0 Å². The average Bonchev–Trinajstić information content (AvgIpc) is 2.19. The molecule has 0 aromatic carbocycles. The van der Waals surface area contributed by atoms with Gasteiger partial charge in [-0.25, -0.2) is 0 Å². The summed E-state index contributed by atoms with van der Waals surface area (Å²) in [5.41, 5.74) is 0. The minimum absolute atomic E-state index is 0.885. The van der Waals surface area contributed by atoms with E-state index in [-0.39, 0.29) is 0 Å². The molecule has 1 fully saturated rings. The fourth-order valence-corrected chi connectivity index (χ4v) is 2.07. The summed E-state index contributed by atoms with van der Waals surface area (Å²) in [6.45, 7) is 4.31. The van der Waals surface area contributed by atoms with Gasteiger partial charge in [-0.1, -0.05) is 39.0 Å². The van der Waals surface area contributed by atoms with Gasteiger partial charge in [-0.2, -0.15) is 0 Å². The zero-order valence-electron chi connectivity index (χ0n) is 9.06. The van der Waals surface area contributed by atoms with E-state index in [9.17, 15) is 0 Å². The second-order valence-electron chi connectivity index (χ2n) is 4.29. The largest absolute Gasteiger partial charge is 0.381 e. The SMILES string of the molecule is CCCCCCCC1CCCOC1. The molecule has 13 heavy (non-hydrogen) atoms. The Labute approximate surface area is 82.9 Å². The summed E-state index contributed by atoms with van der Waals surface area (Å²) in [4.78, 5) is 0. The van der Waals surface area contributed by atoms with Crippen LogP contribution in [-0.2, 0) is 4.74 Å². The molecule has 1 heteroatoms. The molecule has 1 nitrogen and oxygen atoms in total. The molecule has 1 atom stereocenters. The molecule has 1 aliphatic rings. The van der Waals surface area contributed by atoms with Gasteiger partial charge in [0.15, 0.2) is 0 Å². The number of rotatable bonds is 6. The molecule has 1 saturated heterocycles. The fraction of sp³-hybridized carbons (Fsp3) is 1.00. The van der Waals surface area contributed by atoms with Gasteiger partial charge in [0.1, 0.15) is 0 Å². The Bertz CT molecular complexity index is 106. The van der Waals surface area contributed by atoms with E-state index in [0.29, 0.717) is 0 Å². The molecule has 1 aliphatic heterocycles. The molecule has 0 aromatic heterocycles. The molecule has 0 radical (unpaired) electrons. The smallest absolute Gasteiger partial charge is 0.0494 e. The van der Waals surface area contributed by atoms with Crippen LogP contribution in [0.15, 0.2) is 0 Å². The molecule has 0 aliphatic carbocycles. The van der Waals surface area contributed by atoms with Crippen molar-refractivity contribution in [1.82, 2.24) is 0 Å². The summed E-state index contributed by atoms with van der Waals surface area (Å²) < 4.78 is 5.46. The summed E-state index contributed by atoms with van der Waals surface area (Å²) in [5.74, 6) is 0.885. The molecule has 0 bridgehead atoms. The van der Waals surface area contributed by atoms with E-state index in [2.05, 4.69) is 6.92 Å². The van der Waals surface area contributed by atoms with Gasteiger partial charge < -0.3 is 4.74 Å². The average molecular weight is 184 g/mol. The number of ether oxygens (including phenoxy) is 1. The third-order valence-corrected chi connectivity index (χ3v) is 2.97. The van der Waals surface area contributed by atoms with E-state index < -0.39 is 0 Å². The summed E-state index contributed by atoms with van der Waals surface area (Å²) in [6.07, 6.45) is 11.2. The number of hydrogen-bond donors (Lipinski definition) is 0. The first-order valence-electron chi connectivity index (χ1n) is 6.01. The minimum Gasteiger partial charge on any atom is -0.381 e. The van der Waals surface area contributed by atoms with Gasteiger partial charge in [0.2, 0.25) is 0 Å². The van der Waals surface area contributed by atoms with Gasteiger partial charge in [-0.05, 0) is 25.2 Å². The van der Waals surface area contributed by atoms with Crippen molar-refractivity contribution in [1.29, 1.82) is 0 Å². The van der Waals surface area contributed by atoms with Crippen LogP contribution in [0.1, 0.15) is 58.3 Å². The van der Waals surface area contributed by atoms with Gasteiger partial charge in [0.05, 0.1) is 0 Å². The Hall–Kier alpha value is -0.0400. The van der Waals surface area contributed by atoms with Crippen molar-refractivity contribution in [3.8, 4) is 0 Å². The Morgan fingerprint density at radius 2 is 2.00 bits per heavy atom. The first-order chi connectivity index (χ1) is 6.43. The van der Waals surface area contributed by atoms with E-state index in [4.69, 9.17) is 4.74 Å². The second-order valence-corrected chi connectivity index (χ2v) is 4.29. The van der Waals surface area contributed by atoms with Crippen molar-refractivity contribution in [2.75, 3.05) is 13.2 Å². The summed E-state index contributed by atoms with van der Waals surface area (Å²) >= 11 is 0. The van der Waals surface area contributed by atoms with Crippen LogP contribution in [0.5, 0.6) is 0 Å². The summed E-state index contributed by atoms with van der Waals surface area (Å²) in [5, 5.41) is 0. The van der Waals surface area contributed by atoms with E-state index in [0.717, 1.165) is 19.1 Å². The van der Waals surface area contributed by atoms with Crippen LogP contribution in [0.4, 0.5) is 0 Å². The summed E-state index contributed by atoms with van der Waals surface area (Å²) in [6, 6.07) is 0. The number of hydrogen-bond acceptors (Lipinski definition) is 1. The van der Waals surface area contributed by atoms with E-state index in [1.807, 2.05) is 0 Å². The Morgan fingerprint density at radius 1 is 1.15 bits per heavy atom.